The van der Waals surface area contributed by atoms with E-state index in [1.807, 2.05) is 0 Å². The molecule has 1 aliphatic heterocycles. The van der Waals surface area contributed by atoms with Gasteiger partial charge < -0.3 is 10.1 Å². The van der Waals surface area contributed by atoms with Crippen molar-refractivity contribution in [3.05, 3.63) is 24.3 Å². The summed E-state index contributed by atoms with van der Waals surface area (Å²) in [6.45, 7) is -2.84. The molecule has 0 bridgehead atoms. The monoisotopic (exact) mass is 310 g/mol. The Bertz CT molecular complexity index is 414. The van der Waals surface area contributed by atoms with Crippen molar-refractivity contribution >= 4 is 35.8 Å². The van der Waals surface area contributed by atoms with E-state index in [1.54, 1.807) is 11.8 Å². The molecule has 0 saturated carbocycles. The molecule has 1 heterocycles. The standard InChI is InChI=1S/C11H12F2N2O2S.ClH/c12-11(13)17-8-3-1-7(2-4-8)15-10(16)9-5-18-6-14-9;/h1-4,9,11,14H,5-6H2,(H,15,16);1H. The SMILES string of the molecule is Cl.O=C(Nc1ccc(OC(F)F)cc1)C1CSCN1. The van der Waals surface area contributed by atoms with Crippen LogP contribution in [-0.2, 0) is 4.79 Å². The number of ether oxygens (including phenoxy) is 1. The predicted molar refractivity (Wildman–Crippen MR) is 73.2 cm³/mol. The van der Waals surface area contributed by atoms with Crippen LogP contribution in [0, 0.1) is 0 Å². The summed E-state index contributed by atoms with van der Waals surface area (Å²) in [6, 6.07) is 5.62. The highest BCUT2D eigenvalue weighted by atomic mass is 35.5. The molecule has 2 N–H and O–H groups in total. The highest BCUT2D eigenvalue weighted by Gasteiger charge is 2.22. The molecule has 1 atom stereocenters. The molecule has 0 aromatic heterocycles. The fraction of sp³-hybridized carbons (Fsp3) is 0.364. The van der Waals surface area contributed by atoms with Gasteiger partial charge in [0.2, 0.25) is 5.91 Å². The summed E-state index contributed by atoms with van der Waals surface area (Å²) in [4.78, 5) is 11.7. The Morgan fingerprint density at radius 1 is 1.42 bits per heavy atom. The van der Waals surface area contributed by atoms with Crippen LogP contribution in [0.25, 0.3) is 0 Å². The van der Waals surface area contributed by atoms with E-state index < -0.39 is 6.61 Å². The topological polar surface area (TPSA) is 50.4 Å². The first-order chi connectivity index (χ1) is 8.65. The van der Waals surface area contributed by atoms with Crippen LogP contribution in [0.5, 0.6) is 5.75 Å². The maximum Gasteiger partial charge on any atom is 0.387 e. The fourth-order valence-electron chi connectivity index (χ4n) is 1.51. The van der Waals surface area contributed by atoms with E-state index in [4.69, 9.17) is 0 Å². The average molecular weight is 311 g/mol. The Morgan fingerprint density at radius 2 is 2.11 bits per heavy atom. The van der Waals surface area contributed by atoms with Crippen molar-refractivity contribution < 1.29 is 18.3 Å². The first-order valence-electron chi connectivity index (χ1n) is 5.32. The molecule has 1 amide bonds. The van der Waals surface area contributed by atoms with Gasteiger partial charge in [-0.3, -0.25) is 10.1 Å². The average Bonchev–Trinajstić information content (AvgIpc) is 2.84. The van der Waals surface area contributed by atoms with Crippen molar-refractivity contribution in [3.8, 4) is 5.75 Å². The van der Waals surface area contributed by atoms with Gasteiger partial charge in [-0.25, -0.2) is 0 Å². The quantitative estimate of drug-likeness (QED) is 0.896. The van der Waals surface area contributed by atoms with Crippen LogP contribution in [0.2, 0.25) is 0 Å². The van der Waals surface area contributed by atoms with E-state index in [0.29, 0.717) is 5.69 Å². The number of hydrogen-bond donors (Lipinski definition) is 2. The molecule has 4 nitrogen and oxygen atoms in total. The zero-order chi connectivity index (χ0) is 13.0. The smallest absolute Gasteiger partial charge is 0.387 e. The Labute approximate surface area is 119 Å². The number of nitrogens with one attached hydrogen (secondary N) is 2. The molecular weight excluding hydrogens is 298 g/mol. The molecule has 0 radical (unpaired) electrons. The number of benzene rings is 1. The van der Waals surface area contributed by atoms with Gasteiger partial charge in [-0.1, -0.05) is 0 Å². The predicted octanol–water partition coefficient (Wildman–Crippen LogP) is 2.31. The largest absolute Gasteiger partial charge is 0.435 e. The van der Waals surface area contributed by atoms with Crippen LogP contribution in [0.1, 0.15) is 0 Å². The summed E-state index contributed by atoms with van der Waals surface area (Å²) in [5.74, 6) is 1.44. The Balaban J connectivity index is 0.00000180. The van der Waals surface area contributed by atoms with Crippen molar-refractivity contribution in [3.63, 3.8) is 0 Å². The van der Waals surface area contributed by atoms with Crippen molar-refractivity contribution in [1.29, 1.82) is 0 Å². The lowest BCUT2D eigenvalue weighted by atomic mass is 10.2. The first kappa shape index (κ1) is 16.0. The first-order valence-corrected chi connectivity index (χ1v) is 6.47. The van der Waals surface area contributed by atoms with Crippen molar-refractivity contribution in [2.24, 2.45) is 0 Å². The summed E-state index contributed by atoms with van der Waals surface area (Å²) < 4.78 is 28.1. The van der Waals surface area contributed by atoms with Gasteiger partial charge in [0.1, 0.15) is 5.75 Å². The Hall–Kier alpha value is -1.05. The van der Waals surface area contributed by atoms with Gasteiger partial charge in [0, 0.05) is 17.3 Å². The van der Waals surface area contributed by atoms with Crippen LogP contribution in [0.15, 0.2) is 24.3 Å². The molecule has 19 heavy (non-hydrogen) atoms. The fourth-order valence-corrected chi connectivity index (χ4v) is 2.45. The van der Waals surface area contributed by atoms with Gasteiger partial charge in [0.05, 0.1) is 6.04 Å². The number of carbonyl (C=O) groups is 1. The maximum atomic E-state index is 11.9. The number of anilines is 1. The van der Waals surface area contributed by atoms with Crippen molar-refractivity contribution in [1.82, 2.24) is 5.32 Å². The highest BCUT2D eigenvalue weighted by molar-refractivity contribution is 7.99. The summed E-state index contributed by atoms with van der Waals surface area (Å²) in [5, 5.41) is 5.75. The number of amides is 1. The van der Waals surface area contributed by atoms with E-state index in [-0.39, 0.29) is 30.1 Å². The number of thioether (sulfide) groups is 1. The van der Waals surface area contributed by atoms with Crippen LogP contribution in [0.4, 0.5) is 14.5 Å². The molecule has 0 aliphatic carbocycles. The lowest BCUT2D eigenvalue weighted by Gasteiger charge is -2.11. The van der Waals surface area contributed by atoms with Gasteiger partial charge in [0.15, 0.2) is 0 Å². The molecule has 0 spiro atoms. The van der Waals surface area contributed by atoms with Gasteiger partial charge in [-0.05, 0) is 24.3 Å². The zero-order valence-corrected chi connectivity index (χ0v) is 11.4. The highest BCUT2D eigenvalue weighted by Crippen LogP contribution is 2.18. The van der Waals surface area contributed by atoms with E-state index in [0.717, 1.165) is 11.6 Å². The minimum Gasteiger partial charge on any atom is -0.435 e. The lowest BCUT2D eigenvalue weighted by Crippen LogP contribution is -2.37. The van der Waals surface area contributed by atoms with Gasteiger partial charge in [-0.2, -0.15) is 8.78 Å². The number of hydrogen-bond acceptors (Lipinski definition) is 4. The second-order valence-electron chi connectivity index (χ2n) is 3.66. The molecule has 1 unspecified atom stereocenters. The summed E-state index contributed by atoms with van der Waals surface area (Å²) in [7, 11) is 0. The summed E-state index contributed by atoms with van der Waals surface area (Å²) >= 11 is 1.66. The zero-order valence-electron chi connectivity index (χ0n) is 9.77. The van der Waals surface area contributed by atoms with E-state index in [2.05, 4.69) is 15.4 Å². The number of halogens is 3. The molecule has 8 heteroatoms. The van der Waals surface area contributed by atoms with Crippen molar-refractivity contribution in [2.45, 2.75) is 12.7 Å². The van der Waals surface area contributed by atoms with E-state index in [1.165, 1.54) is 24.3 Å². The minimum absolute atomic E-state index is 0. The van der Waals surface area contributed by atoms with Crippen LogP contribution < -0.4 is 15.4 Å². The Kier molecular flexibility index (Phi) is 6.33. The Morgan fingerprint density at radius 3 is 2.63 bits per heavy atom. The lowest BCUT2D eigenvalue weighted by molar-refractivity contribution is -0.117. The molecule has 1 fully saturated rings. The van der Waals surface area contributed by atoms with Gasteiger partial charge in [-0.15, -0.1) is 24.2 Å². The van der Waals surface area contributed by atoms with Crippen LogP contribution >= 0.6 is 24.2 Å². The van der Waals surface area contributed by atoms with Crippen LogP contribution in [0.3, 0.4) is 0 Å². The van der Waals surface area contributed by atoms with Gasteiger partial charge >= 0.3 is 6.61 Å². The maximum absolute atomic E-state index is 11.9. The van der Waals surface area contributed by atoms with E-state index >= 15 is 0 Å². The number of rotatable bonds is 4. The second-order valence-corrected chi connectivity index (χ2v) is 4.69. The van der Waals surface area contributed by atoms with Crippen LogP contribution in [-0.4, -0.2) is 30.2 Å². The normalized spacial score (nSPS) is 17.9. The molecule has 2 rings (SSSR count). The van der Waals surface area contributed by atoms with E-state index in [9.17, 15) is 13.6 Å². The molecule has 1 aliphatic rings. The number of carbonyl (C=O) groups excluding carboxylic acids is 1. The third-order valence-electron chi connectivity index (χ3n) is 2.38. The minimum atomic E-state index is -2.84. The molecule has 1 saturated heterocycles. The van der Waals surface area contributed by atoms with Crippen molar-refractivity contribution in [2.75, 3.05) is 16.9 Å². The molecule has 106 valence electrons. The third-order valence-corrected chi connectivity index (χ3v) is 3.32. The second kappa shape index (κ2) is 7.52. The number of alkyl halides is 2. The molecule has 1 aromatic rings. The summed E-state index contributed by atoms with van der Waals surface area (Å²) in [6.07, 6.45) is 0. The molecular formula is C11H13ClF2N2O2S. The summed E-state index contributed by atoms with van der Waals surface area (Å²) in [5.41, 5.74) is 0.556. The van der Waals surface area contributed by atoms with Gasteiger partial charge in [0.25, 0.3) is 0 Å². The third kappa shape index (κ3) is 4.85. The molecule has 1 aromatic carbocycles.